The van der Waals surface area contributed by atoms with Gasteiger partial charge in [0.05, 0.1) is 0 Å². The van der Waals surface area contributed by atoms with Crippen molar-refractivity contribution in [1.29, 1.82) is 0 Å². The average molecular weight is 233 g/mol. The SMILES string of the molecule is Cc1ccc(C2(CN)CCCCC2)c(O)c1C. The van der Waals surface area contributed by atoms with E-state index in [1.54, 1.807) is 0 Å². The first-order valence-corrected chi connectivity index (χ1v) is 6.60. The summed E-state index contributed by atoms with van der Waals surface area (Å²) in [5.41, 5.74) is 9.25. The minimum absolute atomic E-state index is 0.0147. The highest BCUT2D eigenvalue weighted by molar-refractivity contribution is 5.48. The van der Waals surface area contributed by atoms with E-state index in [1.165, 1.54) is 19.3 Å². The topological polar surface area (TPSA) is 46.2 Å². The Bertz CT molecular complexity index is 406. The highest BCUT2D eigenvalue weighted by Gasteiger charge is 2.35. The summed E-state index contributed by atoms with van der Waals surface area (Å²) in [4.78, 5) is 0. The highest BCUT2D eigenvalue weighted by atomic mass is 16.3. The van der Waals surface area contributed by atoms with E-state index in [2.05, 4.69) is 12.1 Å². The lowest BCUT2D eigenvalue weighted by molar-refractivity contribution is 0.290. The van der Waals surface area contributed by atoms with Gasteiger partial charge < -0.3 is 10.8 Å². The lowest BCUT2D eigenvalue weighted by atomic mass is 9.68. The van der Waals surface area contributed by atoms with Crippen molar-refractivity contribution >= 4 is 0 Å². The Morgan fingerprint density at radius 3 is 2.41 bits per heavy atom. The Hall–Kier alpha value is -1.02. The number of nitrogens with two attached hydrogens (primary N) is 1. The molecule has 0 unspecified atom stereocenters. The molecule has 1 aliphatic rings. The number of aryl methyl sites for hydroxylation is 1. The summed E-state index contributed by atoms with van der Waals surface area (Å²) in [7, 11) is 0. The number of hydrogen-bond donors (Lipinski definition) is 2. The monoisotopic (exact) mass is 233 g/mol. The second kappa shape index (κ2) is 4.69. The second-order valence-corrected chi connectivity index (χ2v) is 5.45. The van der Waals surface area contributed by atoms with E-state index < -0.39 is 0 Å². The molecule has 0 radical (unpaired) electrons. The summed E-state index contributed by atoms with van der Waals surface area (Å²) in [6.07, 6.45) is 5.97. The molecule has 0 heterocycles. The predicted octanol–water partition coefficient (Wildman–Crippen LogP) is 3.17. The van der Waals surface area contributed by atoms with Crippen LogP contribution < -0.4 is 5.73 Å². The van der Waals surface area contributed by atoms with Gasteiger partial charge in [-0.1, -0.05) is 31.4 Å². The van der Waals surface area contributed by atoms with Crippen LogP contribution in [0.25, 0.3) is 0 Å². The molecule has 0 aliphatic heterocycles. The molecule has 0 saturated heterocycles. The van der Waals surface area contributed by atoms with Gasteiger partial charge >= 0.3 is 0 Å². The third kappa shape index (κ3) is 2.06. The van der Waals surface area contributed by atoms with Crippen molar-refractivity contribution < 1.29 is 5.11 Å². The minimum atomic E-state index is 0.0147. The summed E-state index contributed by atoms with van der Waals surface area (Å²) in [5, 5.41) is 10.4. The summed E-state index contributed by atoms with van der Waals surface area (Å²) in [6, 6.07) is 4.19. The molecule has 94 valence electrons. The fraction of sp³-hybridized carbons (Fsp3) is 0.600. The lowest BCUT2D eigenvalue weighted by Gasteiger charge is -2.37. The van der Waals surface area contributed by atoms with Crippen molar-refractivity contribution in [2.75, 3.05) is 6.54 Å². The van der Waals surface area contributed by atoms with Crippen molar-refractivity contribution in [2.24, 2.45) is 5.73 Å². The van der Waals surface area contributed by atoms with Crippen LogP contribution in [0.3, 0.4) is 0 Å². The van der Waals surface area contributed by atoms with E-state index in [-0.39, 0.29) is 5.41 Å². The van der Waals surface area contributed by atoms with E-state index in [1.807, 2.05) is 13.8 Å². The first-order valence-electron chi connectivity index (χ1n) is 6.60. The molecule has 0 amide bonds. The summed E-state index contributed by atoms with van der Waals surface area (Å²) >= 11 is 0. The number of phenolic OH excluding ortho intramolecular Hbond substituents is 1. The maximum absolute atomic E-state index is 10.4. The summed E-state index contributed by atoms with van der Waals surface area (Å²) in [5.74, 6) is 0.470. The predicted molar refractivity (Wildman–Crippen MR) is 71.4 cm³/mol. The molecule has 1 saturated carbocycles. The molecule has 2 rings (SSSR count). The molecule has 2 nitrogen and oxygen atoms in total. The van der Waals surface area contributed by atoms with Gasteiger partial charge in [0.25, 0.3) is 0 Å². The van der Waals surface area contributed by atoms with Gasteiger partial charge in [-0.2, -0.15) is 0 Å². The quantitative estimate of drug-likeness (QED) is 0.824. The van der Waals surface area contributed by atoms with Crippen LogP contribution in [0.2, 0.25) is 0 Å². The van der Waals surface area contributed by atoms with Gasteiger partial charge in [-0.25, -0.2) is 0 Å². The van der Waals surface area contributed by atoms with Crippen LogP contribution in [0.5, 0.6) is 5.75 Å². The Labute approximate surface area is 104 Å². The number of benzene rings is 1. The fourth-order valence-corrected chi connectivity index (χ4v) is 3.04. The second-order valence-electron chi connectivity index (χ2n) is 5.45. The van der Waals surface area contributed by atoms with E-state index in [0.717, 1.165) is 29.5 Å². The molecule has 2 heteroatoms. The molecule has 0 bridgehead atoms. The van der Waals surface area contributed by atoms with E-state index >= 15 is 0 Å². The van der Waals surface area contributed by atoms with Crippen LogP contribution in [0.4, 0.5) is 0 Å². The maximum atomic E-state index is 10.4. The Morgan fingerprint density at radius 1 is 1.18 bits per heavy atom. The summed E-state index contributed by atoms with van der Waals surface area (Å²) in [6.45, 7) is 4.67. The molecule has 0 aromatic heterocycles. The van der Waals surface area contributed by atoms with E-state index in [9.17, 15) is 5.11 Å². The van der Waals surface area contributed by atoms with Crippen molar-refractivity contribution in [2.45, 2.75) is 51.4 Å². The third-order valence-corrected chi connectivity index (χ3v) is 4.47. The van der Waals surface area contributed by atoms with Crippen LogP contribution in [0.15, 0.2) is 12.1 Å². The lowest BCUT2D eigenvalue weighted by Crippen LogP contribution is -2.37. The molecule has 0 spiro atoms. The molecule has 1 fully saturated rings. The van der Waals surface area contributed by atoms with Crippen LogP contribution in [0, 0.1) is 13.8 Å². The first-order chi connectivity index (χ1) is 8.10. The molecular formula is C15H23NO. The maximum Gasteiger partial charge on any atom is 0.122 e. The van der Waals surface area contributed by atoms with Gasteiger partial charge in [0, 0.05) is 17.5 Å². The zero-order valence-corrected chi connectivity index (χ0v) is 10.9. The molecule has 1 aromatic carbocycles. The van der Waals surface area contributed by atoms with Gasteiger partial charge in [-0.3, -0.25) is 0 Å². The van der Waals surface area contributed by atoms with Gasteiger partial charge in [0.1, 0.15) is 5.75 Å². The van der Waals surface area contributed by atoms with Gasteiger partial charge in [-0.15, -0.1) is 0 Å². The number of hydrogen-bond acceptors (Lipinski definition) is 2. The van der Waals surface area contributed by atoms with Crippen LogP contribution in [-0.2, 0) is 5.41 Å². The average Bonchev–Trinajstić information content (AvgIpc) is 2.37. The van der Waals surface area contributed by atoms with Crippen molar-refractivity contribution in [3.05, 3.63) is 28.8 Å². The summed E-state index contributed by atoms with van der Waals surface area (Å²) < 4.78 is 0. The molecule has 17 heavy (non-hydrogen) atoms. The van der Waals surface area contributed by atoms with Crippen LogP contribution >= 0.6 is 0 Å². The third-order valence-electron chi connectivity index (χ3n) is 4.47. The molecule has 0 atom stereocenters. The Morgan fingerprint density at radius 2 is 1.82 bits per heavy atom. The number of phenols is 1. The molecule has 3 N–H and O–H groups in total. The van der Waals surface area contributed by atoms with E-state index in [0.29, 0.717) is 12.3 Å². The Balaban J connectivity index is 2.47. The highest BCUT2D eigenvalue weighted by Crippen LogP contribution is 2.43. The van der Waals surface area contributed by atoms with Crippen molar-refractivity contribution in [3.63, 3.8) is 0 Å². The molecular weight excluding hydrogens is 210 g/mol. The van der Waals surface area contributed by atoms with Gasteiger partial charge in [0.15, 0.2) is 0 Å². The zero-order valence-electron chi connectivity index (χ0n) is 10.9. The number of aromatic hydroxyl groups is 1. The first kappa shape index (κ1) is 12.4. The number of rotatable bonds is 2. The zero-order chi connectivity index (χ0) is 12.5. The standard InChI is InChI=1S/C15H23NO/c1-11-6-7-13(14(17)12(11)2)15(10-16)8-4-3-5-9-15/h6-7,17H,3-5,8-10,16H2,1-2H3. The largest absolute Gasteiger partial charge is 0.507 e. The van der Waals surface area contributed by atoms with Crippen LogP contribution in [0.1, 0.15) is 48.8 Å². The molecule has 1 aliphatic carbocycles. The minimum Gasteiger partial charge on any atom is -0.507 e. The normalized spacial score (nSPS) is 19.2. The smallest absolute Gasteiger partial charge is 0.122 e. The van der Waals surface area contributed by atoms with Crippen molar-refractivity contribution in [3.8, 4) is 5.75 Å². The Kier molecular flexibility index (Phi) is 3.43. The van der Waals surface area contributed by atoms with Gasteiger partial charge in [-0.05, 0) is 37.8 Å². The fourth-order valence-electron chi connectivity index (χ4n) is 3.04. The van der Waals surface area contributed by atoms with Crippen LogP contribution in [-0.4, -0.2) is 11.7 Å². The van der Waals surface area contributed by atoms with Crippen molar-refractivity contribution in [1.82, 2.24) is 0 Å². The molecule has 1 aromatic rings. The van der Waals surface area contributed by atoms with Gasteiger partial charge in [0.2, 0.25) is 0 Å². The van der Waals surface area contributed by atoms with E-state index in [4.69, 9.17) is 5.73 Å².